The molecule has 0 aliphatic carbocycles. The summed E-state index contributed by atoms with van der Waals surface area (Å²) in [6.45, 7) is 2.69. The van der Waals surface area contributed by atoms with Crippen molar-refractivity contribution in [2.24, 2.45) is 0 Å². The Bertz CT molecular complexity index is 1670. The number of rotatable bonds is 5. The number of benzene rings is 2. The number of amides is 1. The Morgan fingerprint density at radius 3 is 2.69 bits per heavy atom. The van der Waals surface area contributed by atoms with E-state index in [1.54, 1.807) is 28.3 Å². The summed E-state index contributed by atoms with van der Waals surface area (Å²) in [6.07, 6.45) is 3.56. The first-order valence-corrected chi connectivity index (χ1v) is 12.5. The van der Waals surface area contributed by atoms with Crippen LogP contribution in [-0.4, -0.2) is 25.2 Å². The van der Waals surface area contributed by atoms with Crippen LogP contribution in [0.4, 0.5) is 4.39 Å². The number of nitrogens with zero attached hydrogens (tertiary/aromatic N) is 4. The molecule has 5 aromatic rings. The molecule has 1 aliphatic heterocycles. The lowest BCUT2D eigenvalue weighted by Crippen LogP contribution is -2.23. The number of carbonyl (C=O) groups is 1. The molecule has 7 nitrogen and oxygen atoms in total. The van der Waals surface area contributed by atoms with E-state index in [-0.39, 0.29) is 23.8 Å². The number of halogens is 1. The molecule has 4 heterocycles. The quantitative estimate of drug-likeness (QED) is 0.382. The van der Waals surface area contributed by atoms with Crippen LogP contribution in [0.15, 0.2) is 65.6 Å². The van der Waals surface area contributed by atoms with Crippen molar-refractivity contribution >= 4 is 27.5 Å². The van der Waals surface area contributed by atoms with E-state index in [1.165, 1.54) is 23.5 Å². The molecule has 1 N–H and O–H groups in total. The summed E-state index contributed by atoms with van der Waals surface area (Å²) >= 11 is 1.25. The third-order valence-electron chi connectivity index (χ3n) is 6.49. The number of aromatic nitrogens is 4. The van der Waals surface area contributed by atoms with Crippen LogP contribution in [0.2, 0.25) is 0 Å². The molecule has 0 unspecified atom stereocenters. The first kappa shape index (κ1) is 22.4. The smallest absolute Gasteiger partial charge is 0.262 e. The van der Waals surface area contributed by atoms with Crippen molar-refractivity contribution in [3.63, 3.8) is 0 Å². The molecular weight excluding hydrogens is 477 g/mol. The summed E-state index contributed by atoms with van der Waals surface area (Å²) in [5.74, 6) is 0.197. The lowest BCUT2D eigenvalue weighted by Gasteiger charge is -2.05. The zero-order valence-electron chi connectivity index (χ0n) is 19.5. The molecule has 36 heavy (non-hydrogen) atoms. The molecule has 0 saturated heterocycles. The molecule has 0 fully saturated rings. The van der Waals surface area contributed by atoms with Crippen molar-refractivity contribution in [3.05, 3.63) is 98.8 Å². The van der Waals surface area contributed by atoms with Gasteiger partial charge in [0.05, 0.1) is 21.6 Å². The Hall–Kier alpha value is -4.11. The second-order valence-electron chi connectivity index (χ2n) is 8.80. The third-order valence-corrected chi connectivity index (χ3v) is 7.67. The van der Waals surface area contributed by atoms with E-state index in [4.69, 9.17) is 5.10 Å². The van der Waals surface area contributed by atoms with Crippen LogP contribution in [0.25, 0.3) is 27.2 Å². The molecule has 0 spiro atoms. The van der Waals surface area contributed by atoms with E-state index in [2.05, 4.69) is 10.3 Å². The van der Waals surface area contributed by atoms with Gasteiger partial charge in [0.1, 0.15) is 16.5 Å². The lowest BCUT2D eigenvalue weighted by atomic mass is 10.1. The molecular formula is C27H22FN5O2S. The highest BCUT2D eigenvalue weighted by atomic mass is 32.1. The fourth-order valence-electron chi connectivity index (χ4n) is 4.65. The minimum absolute atomic E-state index is 0.0666. The molecule has 0 atom stereocenters. The van der Waals surface area contributed by atoms with Crippen LogP contribution in [0.3, 0.4) is 0 Å². The Morgan fingerprint density at radius 1 is 1.14 bits per heavy atom. The fourth-order valence-corrected chi connectivity index (χ4v) is 5.76. The van der Waals surface area contributed by atoms with E-state index < -0.39 is 0 Å². The number of fused-ring (bicyclic) bond motifs is 2. The molecule has 1 aliphatic rings. The zero-order chi connectivity index (χ0) is 24.8. The first-order chi connectivity index (χ1) is 17.5. The summed E-state index contributed by atoms with van der Waals surface area (Å²) in [6, 6.07) is 15.8. The molecule has 9 heteroatoms. The molecule has 1 amide bonds. The van der Waals surface area contributed by atoms with Crippen molar-refractivity contribution in [1.29, 1.82) is 0 Å². The average molecular weight is 500 g/mol. The molecule has 6 rings (SSSR count). The Balaban J connectivity index is 1.32. The fraction of sp³-hybridized carbons (Fsp3) is 0.185. The SMILES string of the molecule is Cc1c(C(=O)NCc2cn(-c3ccccc3)nc2-c2ccc(F)cc2)sc2nc3n(c(=O)c12)CCC3. The predicted octanol–water partition coefficient (Wildman–Crippen LogP) is 4.63. The number of carbonyl (C=O) groups excluding carboxylic acids is 1. The van der Waals surface area contributed by atoms with Gasteiger partial charge in [-0.2, -0.15) is 5.10 Å². The van der Waals surface area contributed by atoms with Crippen LogP contribution in [0.5, 0.6) is 0 Å². The average Bonchev–Trinajstić information content (AvgIpc) is 3.61. The maximum atomic E-state index is 13.5. The number of hydrogen-bond donors (Lipinski definition) is 1. The van der Waals surface area contributed by atoms with Crippen LogP contribution in [0.1, 0.15) is 33.0 Å². The van der Waals surface area contributed by atoms with Crippen molar-refractivity contribution in [2.75, 3.05) is 0 Å². The van der Waals surface area contributed by atoms with Gasteiger partial charge in [-0.05, 0) is 55.3 Å². The van der Waals surface area contributed by atoms with E-state index in [1.807, 2.05) is 36.5 Å². The summed E-state index contributed by atoms with van der Waals surface area (Å²) in [4.78, 5) is 32.0. The van der Waals surface area contributed by atoms with Crippen LogP contribution in [-0.2, 0) is 19.5 Å². The summed E-state index contributed by atoms with van der Waals surface area (Å²) in [5.41, 5.74) is 3.66. The highest BCUT2D eigenvalue weighted by molar-refractivity contribution is 7.20. The number of aryl methyl sites for hydroxylation is 2. The van der Waals surface area contributed by atoms with Gasteiger partial charge < -0.3 is 5.32 Å². The number of thiophene rings is 1. The molecule has 2 aromatic carbocycles. The van der Waals surface area contributed by atoms with Crippen molar-refractivity contribution in [3.8, 4) is 16.9 Å². The minimum atomic E-state index is -0.327. The predicted molar refractivity (Wildman–Crippen MR) is 137 cm³/mol. The van der Waals surface area contributed by atoms with Gasteiger partial charge in [-0.1, -0.05) is 18.2 Å². The minimum Gasteiger partial charge on any atom is -0.347 e. The molecule has 0 radical (unpaired) electrons. The molecule has 0 saturated carbocycles. The molecule has 3 aromatic heterocycles. The number of para-hydroxylation sites is 1. The van der Waals surface area contributed by atoms with Crippen LogP contribution in [0, 0.1) is 12.7 Å². The van der Waals surface area contributed by atoms with E-state index >= 15 is 0 Å². The summed E-state index contributed by atoms with van der Waals surface area (Å²) in [7, 11) is 0. The second-order valence-corrected chi connectivity index (χ2v) is 9.80. The van der Waals surface area contributed by atoms with Crippen molar-refractivity contribution < 1.29 is 9.18 Å². The Labute approximate surface area is 209 Å². The Morgan fingerprint density at radius 2 is 1.92 bits per heavy atom. The van der Waals surface area contributed by atoms with E-state index in [0.29, 0.717) is 32.9 Å². The normalized spacial score (nSPS) is 12.7. The third kappa shape index (κ3) is 3.81. The van der Waals surface area contributed by atoms with Gasteiger partial charge in [0.25, 0.3) is 11.5 Å². The molecule has 180 valence electrons. The maximum Gasteiger partial charge on any atom is 0.262 e. The number of hydrogen-bond acceptors (Lipinski definition) is 5. The zero-order valence-corrected chi connectivity index (χ0v) is 20.3. The lowest BCUT2D eigenvalue weighted by molar-refractivity contribution is 0.0954. The van der Waals surface area contributed by atoms with Gasteiger partial charge in [0.2, 0.25) is 0 Å². The Kier molecular flexibility index (Phi) is 5.49. The van der Waals surface area contributed by atoms with E-state index in [9.17, 15) is 14.0 Å². The second kappa shape index (κ2) is 8.83. The largest absolute Gasteiger partial charge is 0.347 e. The maximum absolute atomic E-state index is 13.5. The first-order valence-electron chi connectivity index (χ1n) is 11.7. The monoisotopic (exact) mass is 499 g/mol. The van der Waals surface area contributed by atoms with Crippen LogP contribution >= 0.6 is 11.3 Å². The van der Waals surface area contributed by atoms with Gasteiger partial charge in [0.15, 0.2) is 0 Å². The van der Waals surface area contributed by atoms with Crippen molar-refractivity contribution in [2.45, 2.75) is 32.9 Å². The summed E-state index contributed by atoms with van der Waals surface area (Å²) in [5, 5.41) is 8.24. The van der Waals surface area contributed by atoms with Gasteiger partial charge >= 0.3 is 0 Å². The summed E-state index contributed by atoms with van der Waals surface area (Å²) < 4.78 is 17.0. The van der Waals surface area contributed by atoms with Crippen LogP contribution < -0.4 is 10.9 Å². The highest BCUT2D eigenvalue weighted by Gasteiger charge is 2.23. The topological polar surface area (TPSA) is 81.8 Å². The highest BCUT2D eigenvalue weighted by Crippen LogP contribution is 2.29. The van der Waals surface area contributed by atoms with E-state index in [0.717, 1.165) is 35.5 Å². The molecule has 0 bridgehead atoms. The van der Waals surface area contributed by atoms with Gasteiger partial charge in [-0.25, -0.2) is 14.1 Å². The number of nitrogens with one attached hydrogen (secondary N) is 1. The van der Waals surface area contributed by atoms with Gasteiger partial charge in [0, 0.05) is 36.8 Å². The van der Waals surface area contributed by atoms with Gasteiger partial charge in [-0.15, -0.1) is 11.3 Å². The standard InChI is InChI=1S/C27H22FN5O2S/c1-16-22-26(30-21-8-5-13-32(21)27(22)35)36-24(16)25(34)29-14-18-15-33(20-6-3-2-4-7-20)31-23(18)17-9-11-19(28)12-10-17/h2-4,6-7,9-12,15H,5,8,13-14H2,1H3,(H,29,34). The van der Waals surface area contributed by atoms with Crippen molar-refractivity contribution in [1.82, 2.24) is 24.6 Å². The van der Waals surface area contributed by atoms with Gasteiger partial charge in [-0.3, -0.25) is 14.2 Å².